The molecule has 0 aliphatic rings. The summed E-state index contributed by atoms with van der Waals surface area (Å²) in [5, 5.41) is 8.85. The van der Waals surface area contributed by atoms with Gasteiger partial charge in [-0.25, -0.2) is 0 Å². The quantitative estimate of drug-likeness (QED) is 0.782. The first-order chi connectivity index (χ1) is 9.04. The predicted molar refractivity (Wildman–Crippen MR) is 72.0 cm³/mol. The van der Waals surface area contributed by atoms with Crippen LogP contribution in [0.15, 0.2) is 30.3 Å². The zero-order valence-electron chi connectivity index (χ0n) is 11.3. The fraction of sp³-hybridized carbons (Fsp3) is 0.467. The zero-order valence-corrected chi connectivity index (χ0v) is 11.3. The molecular formula is C15H20O4. The molecule has 19 heavy (non-hydrogen) atoms. The summed E-state index contributed by atoms with van der Waals surface area (Å²) < 4.78 is 5.31. The molecule has 0 saturated carbocycles. The summed E-state index contributed by atoms with van der Waals surface area (Å²) in [5.74, 6) is -1.68. The van der Waals surface area contributed by atoms with Gasteiger partial charge in [0.2, 0.25) is 0 Å². The van der Waals surface area contributed by atoms with E-state index in [0.29, 0.717) is 6.42 Å². The Balaban J connectivity index is 2.64. The largest absolute Gasteiger partial charge is 0.481 e. The highest BCUT2D eigenvalue weighted by atomic mass is 16.5. The topological polar surface area (TPSA) is 63.6 Å². The van der Waals surface area contributed by atoms with Crippen LogP contribution in [0.1, 0.15) is 25.3 Å². The average Bonchev–Trinajstić information content (AvgIpc) is 2.38. The Morgan fingerprint density at radius 1 is 1.26 bits per heavy atom. The summed E-state index contributed by atoms with van der Waals surface area (Å²) in [5.41, 5.74) is 1.15. The fourth-order valence-electron chi connectivity index (χ4n) is 2.16. The second kappa shape index (κ2) is 7.69. The summed E-state index contributed by atoms with van der Waals surface area (Å²) in [6.07, 6.45) is 0.873. The van der Waals surface area contributed by atoms with Crippen molar-refractivity contribution in [1.82, 2.24) is 0 Å². The van der Waals surface area contributed by atoms with E-state index in [1.165, 1.54) is 14.0 Å². The Labute approximate surface area is 113 Å². The molecule has 0 amide bonds. The summed E-state index contributed by atoms with van der Waals surface area (Å²) in [6, 6.07) is 9.87. The third-order valence-electron chi connectivity index (χ3n) is 3.23. The third kappa shape index (κ3) is 5.22. The molecule has 0 spiro atoms. The van der Waals surface area contributed by atoms with E-state index in [0.717, 1.165) is 12.0 Å². The number of ketones is 1. The van der Waals surface area contributed by atoms with Gasteiger partial charge in [-0.2, -0.15) is 0 Å². The van der Waals surface area contributed by atoms with E-state index < -0.39 is 11.9 Å². The maximum atomic E-state index is 11.5. The zero-order chi connectivity index (χ0) is 14.3. The molecule has 0 aliphatic carbocycles. The highest BCUT2D eigenvalue weighted by molar-refractivity contribution is 5.83. The van der Waals surface area contributed by atoms with Crippen LogP contribution in [0.4, 0.5) is 0 Å². The number of hydrogen-bond donors (Lipinski definition) is 1. The van der Waals surface area contributed by atoms with E-state index in [9.17, 15) is 9.59 Å². The molecule has 1 N–H and O–H groups in total. The van der Waals surface area contributed by atoms with Gasteiger partial charge >= 0.3 is 5.97 Å². The van der Waals surface area contributed by atoms with Crippen LogP contribution in [-0.4, -0.2) is 30.1 Å². The van der Waals surface area contributed by atoms with Gasteiger partial charge in [-0.05, 0) is 25.3 Å². The number of Topliss-reactive ketones (excluding diaryl/α,β-unsaturated/α-hetero) is 1. The van der Waals surface area contributed by atoms with Crippen molar-refractivity contribution in [3.63, 3.8) is 0 Å². The Bertz CT molecular complexity index is 413. The lowest BCUT2D eigenvalue weighted by Gasteiger charge is -2.22. The van der Waals surface area contributed by atoms with E-state index >= 15 is 0 Å². The van der Waals surface area contributed by atoms with Gasteiger partial charge in [-0.3, -0.25) is 9.59 Å². The van der Waals surface area contributed by atoms with Crippen LogP contribution in [0, 0.1) is 5.92 Å². The van der Waals surface area contributed by atoms with E-state index in [4.69, 9.17) is 9.84 Å². The highest BCUT2D eigenvalue weighted by Gasteiger charge is 2.27. The lowest BCUT2D eigenvalue weighted by molar-refractivity contribution is -0.143. The van der Waals surface area contributed by atoms with Gasteiger partial charge in [0.25, 0.3) is 0 Å². The van der Waals surface area contributed by atoms with Crippen molar-refractivity contribution in [3.8, 4) is 0 Å². The van der Waals surface area contributed by atoms with Gasteiger partial charge in [0, 0.05) is 7.11 Å². The van der Waals surface area contributed by atoms with Crippen molar-refractivity contribution in [2.45, 2.75) is 32.3 Å². The van der Waals surface area contributed by atoms with Crippen LogP contribution in [-0.2, 0) is 20.7 Å². The molecule has 1 aromatic carbocycles. The van der Waals surface area contributed by atoms with E-state index in [1.807, 2.05) is 30.3 Å². The molecule has 0 saturated heterocycles. The number of carboxylic acid groups (broad SMARTS) is 1. The van der Waals surface area contributed by atoms with Crippen molar-refractivity contribution in [2.24, 2.45) is 5.92 Å². The lowest BCUT2D eigenvalue weighted by atomic mass is 9.90. The van der Waals surface area contributed by atoms with Crippen LogP contribution < -0.4 is 0 Å². The van der Waals surface area contributed by atoms with Crippen molar-refractivity contribution in [3.05, 3.63) is 35.9 Å². The summed E-state index contributed by atoms with van der Waals surface area (Å²) in [7, 11) is 1.52. The second-order valence-corrected chi connectivity index (χ2v) is 4.61. The van der Waals surface area contributed by atoms with E-state index in [2.05, 4.69) is 0 Å². The number of benzene rings is 1. The first kappa shape index (κ1) is 15.4. The first-order valence-corrected chi connectivity index (χ1v) is 6.33. The highest BCUT2D eigenvalue weighted by Crippen LogP contribution is 2.19. The first-order valence-electron chi connectivity index (χ1n) is 6.33. The van der Waals surface area contributed by atoms with Crippen molar-refractivity contribution in [2.75, 3.05) is 7.11 Å². The molecule has 0 radical (unpaired) electrons. The minimum Gasteiger partial charge on any atom is -0.481 e. The van der Waals surface area contributed by atoms with Crippen LogP contribution in [0.5, 0.6) is 0 Å². The summed E-state index contributed by atoms with van der Waals surface area (Å²) >= 11 is 0. The molecule has 1 aromatic rings. The van der Waals surface area contributed by atoms with Gasteiger partial charge in [-0.1, -0.05) is 30.3 Å². The minimum atomic E-state index is -0.970. The molecule has 0 bridgehead atoms. The number of carbonyl (C=O) groups is 2. The number of carboxylic acids is 1. The van der Waals surface area contributed by atoms with Crippen LogP contribution in [0.2, 0.25) is 0 Å². The Morgan fingerprint density at radius 3 is 2.37 bits per heavy atom. The Hall–Kier alpha value is -1.68. The van der Waals surface area contributed by atoms with Gasteiger partial charge < -0.3 is 9.84 Å². The molecule has 1 rings (SSSR count). The molecule has 4 nitrogen and oxygen atoms in total. The summed E-state index contributed by atoms with van der Waals surface area (Å²) in [6.45, 7) is 1.42. The molecule has 0 heterocycles. The number of rotatable bonds is 8. The molecule has 0 aliphatic heterocycles. The number of methoxy groups -OCH3 is 1. The average molecular weight is 264 g/mol. The smallest absolute Gasteiger partial charge is 0.304 e. The Kier molecular flexibility index (Phi) is 6.22. The maximum absolute atomic E-state index is 11.5. The molecule has 0 fully saturated rings. The number of aliphatic carboxylic acids is 1. The minimum absolute atomic E-state index is 0.137. The normalized spacial score (nSPS) is 13.8. The molecule has 0 aromatic heterocycles. The monoisotopic (exact) mass is 264 g/mol. The van der Waals surface area contributed by atoms with Gasteiger partial charge in [0.1, 0.15) is 5.78 Å². The Morgan fingerprint density at radius 2 is 1.89 bits per heavy atom. The molecular weight excluding hydrogens is 244 g/mol. The van der Waals surface area contributed by atoms with Gasteiger partial charge in [0.05, 0.1) is 18.4 Å². The van der Waals surface area contributed by atoms with Crippen LogP contribution in [0.25, 0.3) is 0 Å². The van der Waals surface area contributed by atoms with Gasteiger partial charge in [-0.15, -0.1) is 0 Å². The molecule has 4 heteroatoms. The van der Waals surface area contributed by atoms with Crippen LogP contribution >= 0.6 is 0 Å². The molecule has 104 valence electrons. The van der Waals surface area contributed by atoms with Crippen LogP contribution in [0.3, 0.4) is 0 Å². The second-order valence-electron chi connectivity index (χ2n) is 4.61. The lowest BCUT2D eigenvalue weighted by Crippen LogP contribution is -2.31. The third-order valence-corrected chi connectivity index (χ3v) is 3.23. The molecule has 2 atom stereocenters. The summed E-state index contributed by atoms with van der Waals surface area (Å²) in [4.78, 5) is 22.3. The SMILES string of the molecule is COC(CCc1ccccc1)C(CC(=O)O)C(C)=O. The van der Waals surface area contributed by atoms with Crippen molar-refractivity contribution in [1.29, 1.82) is 0 Å². The van der Waals surface area contributed by atoms with Crippen molar-refractivity contribution >= 4 is 11.8 Å². The van der Waals surface area contributed by atoms with E-state index in [1.54, 1.807) is 0 Å². The van der Waals surface area contributed by atoms with Gasteiger partial charge in [0.15, 0.2) is 0 Å². The van der Waals surface area contributed by atoms with E-state index in [-0.39, 0.29) is 18.3 Å². The predicted octanol–water partition coefficient (Wildman–Crippen LogP) is 2.31. The fourth-order valence-corrected chi connectivity index (χ4v) is 2.16. The number of aryl methyl sites for hydroxylation is 1. The standard InChI is InChI=1S/C15H20O4/c1-11(16)13(10-15(17)18)14(19-2)9-8-12-6-4-3-5-7-12/h3-7,13-14H,8-10H2,1-2H3,(H,17,18). The van der Waals surface area contributed by atoms with Crippen molar-refractivity contribution < 1.29 is 19.4 Å². The maximum Gasteiger partial charge on any atom is 0.304 e. The molecule has 2 unspecified atom stereocenters. The number of hydrogen-bond acceptors (Lipinski definition) is 3. The number of carbonyl (C=O) groups excluding carboxylic acids is 1. The number of ether oxygens (including phenoxy) is 1.